The fraction of sp³-hybridized carbons (Fsp3) is 0.464. The van der Waals surface area contributed by atoms with Gasteiger partial charge in [-0.3, -0.25) is 9.59 Å². The summed E-state index contributed by atoms with van der Waals surface area (Å²) in [6.07, 6.45) is -1.11. The molecular weight excluding hydrogens is 608 g/mol. The maximum absolute atomic E-state index is 15.0. The molecule has 2 heterocycles. The van der Waals surface area contributed by atoms with Gasteiger partial charge in [0.1, 0.15) is 29.0 Å². The summed E-state index contributed by atoms with van der Waals surface area (Å²) < 4.78 is 44.1. The molecule has 2 aromatic rings. The summed E-state index contributed by atoms with van der Waals surface area (Å²) in [6, 6.07) is 6.46. The maximum Gasteiger partial charge on any atom is 0.315 e. The zero-order valence-corrected chi connectivity index (χ0v) is 26.2. The van der Waals surface area contributed by atoms with Crippen molar-refractivity contribution in [3.63, 3.8) is 0 Å². The lowest BCUT2D eigenvalue weighted by atomic mass is 9.96. The number of nitrogens with one attached hydrogen (secondary N) is 2. The number of carbonyl (C=O) groups excluding carboxylic acids is 3. The first kappa shape index (κ1) is 32.0. The molecule has 3 atom stereocenters. The average molecular weight is 643 g/mol. The van der Waals surface area contributed by atoms with Crippen LogP contribution in [0.25, 0.3) is 0 Å². The highest BCUT2D eigenvalue weighted by Gasteiger charge is 2.54. The lowest BCUT2D eigenvalue weighted by molar-refractivity contribution is -0.168. The Hall–Kier alpha value is -2.93. The number of fused-ring (bicyclic) bond motifs is 1. The monoisotopic (exact) mass is 641 g/mol. The first-order chi connectivity index (χ1) is 19.5. The number of amides is 4. The van der Waals surface area contributed by atoms with Crippen LogP contribution < -0.4 is 10.6 Å². The van der Waals surface area contributed by atoms with Crippen LogP contribution >= 0.6 is 23.2 Å². The molecule has 0 saturated carbocycles. The number of hydrogen-bond donors (Lipinski definition) is 2. The van der Waals surface area contributed by atoms with Crippen molar-refractivity contribution in [1.29, 1.82) is 0 Å². The Labute approximate surface area is 255 Å². The van der Waals surface area contributed by atoms with Crippen molar-refractivity contribution in [3.8, 4) is 0 Å². The van der Waals surface area contributed by atoms with Gasteiger partial charge in [0.05, 0.1) is 6.54 Å². The minimum atomic E-state index is -4.60. The van der Waals surface area contributed by atoms with Crippen LogP contribution in [0.2, 0.25) is 10.0 Å². The molecule has 228 valence electrons. The fourth-order valence-corrected chi connectivity index (χ4v) is 7.08. The van der Waals surface area contributed by atoms with Gasteiger partial charge in [-0.1, -0.05) is 35.3 Å². The number of nitrogens with zero attached hydrogens (tertiary/aromatic N) is 3. The quantitative estimate of drug-likeness (QED) is 0.499. The third kappa shape index (κ3) is 6.66. The van der Waals surface area contributed by atoms with Crippen LogP contribution in [0.1, 0.15) is 40.2 Å². The number of carbonyl (C=O) groups is 3. The van der Waals surface area contributed by atoms with Crippen LogP contribution in [0.5, 0.6) is 0 Å². The molecule has 0 spiro atoms. The van der Waals surface area contributed by atoms with Crippen LogP contribution in [0.3, 0.4) is 0 Å². The Kier molecular flexibility index (Phi) is 9.13. The molecule has 0 radical (unpaired) electrons. The van der Waals surface area contributed by atoms with E-state index in [4.69, 9.17) is 23.2 Å². The number of sulfonamides is 1. The summed E-state index contributed by atoms with van der Waals surface area (Å²) >= 11 is 11.9. The first-order valence-electron chi connectivity index (χ1n) is 13.4. The Morgan fingerprint density at radius 2 is 1.64 bits per heavy atom. The van der Waals surface area contributed by atoms with E-state index >= 15 is 4.39 Å². The predicted octanol–water partition coefficient (Wildman–Crippen LogP) is 3.62. The van der Waals surface area contributed by atoms with E-state index in [9.17, 15) is 22.8 Å². The highest BCUT2D eigenvalue weighted by molar-refractivity contribution is 7.89. The zero-order valence-electron chi connectivity index (χ0n) is 23.9. The standard InChI is InChI=1S/C28H34Cl2FN5O5S/c1-16(2)34-15-24-35(42(40,41)23-11-10-19(30)13-20(23)31)14-21(32-27(39)33-28(3,4)5)25(37)36(24)22(26(34)38)12-17-6-8-18(29)9-7-17/h6-11,13,16,21-22,24H,12,14-15H2,1-5H3,(H2,32,33,39). The van der Waals surface area contributed by atoms with E-state index in [1.165, 1.54) is 15.9 Å². The molecule has 2 aromatic carbocycles. The molecule has 2 fully saturated rings. The zero-order chi connectivity index (χ0) is 31.1. The summed E-state index contributed by atoms with van der Waals surface area (Å²) in [6.45, 7) is 8.20. The van der Waals surface area contributed by atoms with Gasteiger partial charge in [-0.05, 0) is 70.5 Å². The molecule has 2 N–H and O–H groups in total. The molecule has 42 heavy (non-hydrogen) atoms. The van der Waals surface area contributed by atoms with Gasteiger partial charge in [0.25, 0.3) is 0 Å². The van der Waals surface area contributed by atoms with Crippen LogP contribution in [-0.2, 0) is 26.0 Å². The molecule has 0 aromatic heterocycles. The Balaban J connectivity index is 1.83. The first-order valence-corrected chi connectivity index (χ1v) is 15.6. The molecule has 14 heteroatoms. The number of benzene rings is 2. The molecule has 2 aliphatic rings. The molecule has 0 aliphatic carbocycles. The summed E-state index contributed by atoms with van der Waals surface area (Å²) in [5.41, 5.74) is 0.0343. The molecule has 4 rings (SSSR count). The summed E-state index contributed by atoms with van der Waals surface area (Å²) in [4.78, 5) is 42.8. The second kappa shape index (κ2) is 12.0. The van der Waals surface area contributed by atoms with E-state index in [1.807, 2.05) is 0 Å². The maximum atomic E-state index is 15.0. The normalized spacial score (nSPS) is 21.9. The van der Waals surface area contributed by atoms with E-state index in [-0.39, 0.29) is 29.9 Å². The number of rotatable bonds is 6. The second-order valence-corrected chi connectivity index (χ2v) is 14.4. The van der Waals surface area contributed by atoms with Crippen molar-refractivity contribution in [2.24, 2.45) is 0 Å². The van der Waals surface area contributed by atoms with Crippen LogP contribution in [-0.4, -0.2) is 83.3 Å². The Morgan fingerprint density at radius 3 is 2.21 bits per heavy atom. The molecular formula is C28H34Cl2FN5O5S. The van der Waals surface area contributed by atoms with Crippen LogP contribution in [0.4, 0.5) is 9.18 Å². The van der Waals surface area contributed by atoms with Crippen molar-refractivity contribution in [3.05, 3.63) is 63.9 Å². The van der Waals surface area contributed by atoms with Crippen molar-refractivity contribution in [1.82, 2.24) is 24.7 Å². The highest BCUT2D eigenvalue weighted by atomic mass is 35.5. The SMILES string of the molecule is CC(C)N1CC2N(C(=O)C(NC(=O)NC(C)(C)C)CN2S(=O)(=O)c2ccc(Cl)cc2F)C(Cc2ccc(Cl)cc2)C1=O. The van der Waals surface area contributed by atoms with Crippen LogP contribution in [0.15, 0.2) is 47.4 Å². The van der Waals surface area contributed by atoms with E-state index < -0.39 is 63.0 Å². The minimum absolute atomic E-state index is 0.0116. The lowest BCUT2D eigenvalue weighted by Crippen LogP contribution is -2.76. The third-order valence-electron chi connectivity index (χ3n) is 7.07. The smallest absolute Gasteiger partial charge is 0.315 e. The summed E-state index contributed by atoms with van der Waals surface area (Å²) in [5, 5.41) is 5.77. The predicted molar refractivity (Wildman–Crippen MR) is 157 cm³/mol. The minimum Gasteiger partial charge on any atom is -0.335 e. The van der Waals surface area contributed by atoms with E-state index in [0.29, 0.717) is 10.6 Å². The van der Waals surface area contributed by atoms with E-state index in [0.717, 1.165) is 16.4 Å². The van der Waals surface area contributed by atoms with Crippen molar-refractivity contribution in [2.75, 3.05) is 13.1 Å². The topological polar surface area (TPSA) is 119 Å². The second-order valence-electron chi connectivity index (χ2n) is 11.7. The van der Waals surface area contributed by atoms with Gasteiger partial charge >= 0.3 is 6.03 Å². The number of hydrogen-bond acceptors (Lipinski definition) is 5. The molecule has 2 saturated heterocycles. The van der Waals surface area contributed by atoms with Gasteiger partial charge in [-0.2, -0.15) is 4.31 Å². The average Bonchev–Trinajstić information content (AvgIpc) is 2.86. The largest absolute Gasteiger partial charge is 0.335 e. The molecule has 0 bridgehead atoms. The molecule has 4 amide bonds. The van der Waals surface area contributed by atoms with Crippen molar-refractivity contribution in [2.45, 2.75) is 75.8 Å². The summed E-state index contributed by atoms with van der Waals surface area (Å²) in [5.74, 6) is -2.06. The van der Waals surface area contributed by atoms with Crippen LogP contribution in [0, 0.1) is 5.82 Å². The van der Waals surface area contributed by atoms with Gasteiger partial charge in [0, 0.05) is 34.6 Å². The highest BCUT2D eigenvalue weighted by Crippen LogP contribution is 2.33. The Morgan fingerprint density at radius 1 is 1.02 bits per heavy atom. The number of urea groups is 1. The number of piperazine rings is 1. The van der Waals surface area contributed by atoms with Gasteiger partial charge in [0.15, 0.2) is 0 Å². The van der Waals surface area contributed by atoms with Gasteiger partial charge < -0.3 is 20.4 Å². The van der Waals surface area contributed by atoms with E-state index in [1.54, 1.807) is 58.9 Å². The molecule has 3 unspecified atom stereocenters. The third-order valence-corrected chi connectivity index (χ3v) is 9.46. The van der Waals surface area contributed by atoms with Crippen molar-refractivity contribution >= 4 is 51.1 Å². The molecule has 10 nitrogen and oxygen atoms in total. The Bertz CT molecular complexity index is 1480. The van der Waals surface area contributed by atoms with Gasteiger partial charge in [-0.15, -0.1) is 0 Å². The fourth-order valence-electron chi connectivity index (χ4n) is 5.17. The lowest BCUT2D eigenvalue weighted by Gasteiger charge is -2.54. The molecule has 2 aliphatic heterocycles. The van der Waals surface area contributed by atoms with E-state index in [2.05, 4.69) is 10.6 Å². The van der Waals surface area contributed by atoms with Crippen molar-refractivity contribution < 1.29 is 27.2 Å². The van der Waals surface area contributed by atoms with Gasteiger partial charge in [0.2, 0.25) is 21.8 Å². The summed E-state index contributed by atoms with van der Waals surface area (Å²) in [7, 11) is -4.60. The number of halogens is 3. The van der Waals surface area contributed by atoms with Gasteiger partial charge in [-0.25, -0.2) is 17.6 Å².